The molecule has 8 aromatic rings. The number of benzene rings is 7. The van der Waals surface area contributed by atoms with E-state index in [-0.39, 0.29) is 0 Å². The molecule has 0 aliphatic carbocycles. The first-order chi connectivity index (χ1) is 19.8. The van der Waals surface area contributed by atoms with Crippen LogP contribution in [0.1, 0.15) is 0 Å². The summed E-state index contributed by atoms with van der Waals surface area (Å²) in [5, 5.41) is 7.64. The molecule has 0 amide bonds. The fourth-order valence-corrected chi connectivity index (χ4v) is 7.18. The van der Waals surface area contributed by atoms with Crippen molar-refractivity contribution in [1.82, 2.24) is 0 Å². The Morgan fingerprint density at radius 1 is 0.400 bits per heavy atom. The molecule has 0 unspecified atom stereocenters. The van der Waals surface area contributed by atoms with Gasteiger partial charge in [-0.2, -0.15) is 0 Å². The Hall–Kier alpha value is -4.92. The van der Waals surface area contributed by atoms with Crippen molar-refractivity contribution >= 4 is 70.1 Å². The standard InChI is InChI=1S/C38H25NS/c1-2-11-26(12-3-1)27-21-23-29(24-22-27)39(35-19-10-18-34-33-17-8-9-20-37(33)40-38(34)35)36-25-28-13-4-5-14-30(28)31-15-6-7-16-32(31)36/h1-25H. The maximum Gasteiger partial charge on any atom is 0.0640 e. The Morgan fingerprint density at radius 2 is 1.02 bits per heavy atom. The normalized spacial score (nSPS) is 11.5. The Morgan fingerprint density at radius 3 is 1.85 bits per heavy atom. The molecule has 8 rings (SSSR count). The molecular weight excluding hydrogens is 502 g/mol. The lowest BCUT2D eigenvalue weighted by Crippen LogP contribution is -2.10. The second-order valence-electron chi connectivity index (χ2n) is 10.2. The minimum absolute atomic E-state index is 1.14. The highest BCUT2D eigenvalue weighted by Gasteiger charge is 2.20. The molecule has 188 valence electrons. The molecule has 2 heteroatoms. The number of fused-ring (bicyclic) bond motifs is 6. The van der Waals surface area contributed by atoms with Crippen LogP contribution in [0.25, 0.3) is 52.8 Å². The smallest absolute Gasteiger partial charge is 0.0640 e. The predicted molar refractivity (Wildman–Crippen MR) is 174 cm³/mol. The first-order valence-electron chi connectivity index (χ1n) is 13.6. The lowest BCUT2D eigenvalue weighted by atomic mass is 9.98. The van der Waals surface area contributed by atoms with Crippen LogP contribution in [0, 0.1) is 0 Å². The quantitative estimate of drug-likeness (QED) is 0.206. The van der Waals surface area contributed by atoms with Crippen LogP contribution < -0.4 is 4.90 Å². The SMILES string of the molecule is c1ccc(-c2ccc(N(c3cc4ccccc4c4ccccc34)c3cccc4c3sc3ccccc34)cc2)cc1. The number of hydrogen-bond acceptors (Lipinski definition) is 2. The molecule has 0 spiro atoms. The zero-order chi connectivity index (χ0) is 26.5. The third kappa shape index (κ3) is 3.69. The second kappa shape index (κ2) is 9.37. The average Bonchev–Trinajstić information content (AvgIpc) is 3.42. The Balaban J connectivity index is 1.43. The molecule has 0 aliphatic rings. The summed E-state index contributed by atoms with van der Waals surface area (Å²) < 4.78 is 2.61. The van der Waals surface area contributed by atoms with Gasteiger partial charge in [0.25, 0.3) is 0 Å². The van der Waals surface area contributed by atoms with Gasteiger partial charge in [0.15, 0.2) is 0 Å². The molecule has 40 heavy (non-hydrogen) atoms. The van der Waals surface area contributed by atoms with Gasteiger partial charge in [-0.05, 0) is 57.6 Å². The van der Waals surface area contributed by atoms with E-state index in [1.807, 2.05) is 11.3 Å². The lowest BCUT2D eigenvalue weighted by Gasteiger charge is -2.28. The van der Waals surface area contributed by atoms with Crippen LogP contribution in [0.15, 0.2) is 152 Å². The summed E-state index contributed by atoms with van der Waals surface area (Å²) in [6, 6.07) is 54.9. The van der Waals surface area contributed by atoms with Crippen molar-refractivity contribution in [3.8, 4) is 11.1 Å². The third-order valence-electron chi connectivity index (χ3n) is 7.84. The monoisotopic (exact) mass is 527 g/mol. The number of hydrogen-bond donors (Lipinski definition) is 0. The van der Waals surface area contributed by atoms with E-state index in [0.717, 1.165) is 5.69 Å². The summed E-state index contributed by atoms with van der Waals surface area (Å²) in [6.45, 7) is 0. The molecule has 0 N–H and O–H groups in total. The summed E-state index contributed by atoms with van der Waals surface area (Å²) in [5.74, 6) is 0. The highest BCUT2D eigenvalue weighted by molar-refractivity contribution is 7.26. The van der Waals surface area contributed by atoms with Gasteiger partial charge in [0.05, 0.1) is 16.1 Å². The topological polar surface area (TPSA) is 3.24 Å². The first kappa shape index (κ1) is 23.0. The minimum atomic E-state index is 1.14. The minimum Gasteiger partial charge on any atom is -0.308 e. The van der Waals surface area contributed by atoms with Gasteiger partial charge in [0.2, 0.25) is 0 Å². The molecule has 0 bridgehead atoms. The molecule has 0 radical (unpaired) electrons. The summed E-state index contributed by atoms with van der Waals surface area (Å²) in [7, 11) is 0. The maximum absolute atomic E-state index is 2.46. The van der Waals surface area contributed by atoms with Gasteiger partial charge in [0.1, 0.15) is 0 Å². The molecule has 1 heterocycles. The van der Waals surface area contributed by atoms with Crippen molar-refractivity contribution in [2.45, 2.75) is 0 Å². The average molecular weight is 528 g/mol. The number of rotatable bonds is 4. The summed E-state index contributed by atoms with van der Waals surface area (Å²) in [6.07, 6.45) is 0. The molecule has 1 nitrogen and oxygen atoms in total. The Kier molecular flexibility index (Phi) is 5.39. The van der Waals surface area contributed by atoms with E-state index in [9.17, 15) is 0 Å². The largest absolute Gasteiger partial charge is 0.308 e. The van der Waals surface area contributed by atoms with Gasteiger partial charge in [-0.15, -0.1) is 11.3 Å². The van der Waals surface area contributed by atoms with E-state index < -0.39 is 0 Å². The number of nitrogens with zero attached hydrogens (tertiary/aromatic N) is 1. The summed E-state index contributed by atoms with van der Waals surface area (Å²) in [4.78, 5) is 2.46. The molecule has 1 aromatic heterocycles. The van der Waals surface area contributed by atoms with Gasteiger partial charge in [-0.1, -0.05) is 121 Å². The van der Waals surface area contributed by atoms with Gasteiger partial charge >= 0.3 is 0 Å². The van der Waals surface area contributed by atoms with E-state index in [1.54, 1.807) is 0 Å². The molecule has 7 aromatic carbocycles. The fourth-order valence-electron chi connectivity index (χ4n) is 5.97. The lowest BCUT2D eigenvalue weighted by molar-refractivity contribution is 1.32. The molecule has 0 aliphatic heterocycles. The summed E-state index contributed by atoms with van der Waals surface area (Å²) >= 11 is 1.87. The predicted octanol–water partition coefficient (Wildman–Crippen LogP) is 11.5. The van der Waals surface area contributed by atoms with E-state index >= 15 is 0 Å². The molecule has 0 atom stereocenters. The van der Waals surface area contributed by atoms with Crippen molar-refractivity contribution in [2.24, 2.45) is 0 Å². The van der Waals surface area contributed by atoms with Crippen LogP contribution in [0.4, 0.5) is 17.1 Å². The van der Waals surface area contributed by atoms with E-state index in [4.69, 9.17) is 0 Å². The first-order valence-corrected chi connectivity index (χ1v) is 14.4. The highest BCUT2D eigenvalue weighted by Crippen LogP contribution is 2.47. The van der Waals surface area contributed by atoms with Crippen LogP contribution in [-0.4, -0.2) is 0 Å². The highest BCUT2D eigenvalue weighted by atomic mass is 32.1. The van der Waals surface area contributed by atoms with Crippen LogP contribution in [0.2, 0.25) is 0 Å². The summed E-state index contributed by atoms with van der Waals surface area (Å²) in [5.41, 5.74) is 5.97. The van der Waals surface area contributed by atoms with Gasteiger partial charge in [-0.3, -0.25) is 0 Å². The Labute approximate surface area is 237 Å². The van der Waals surface area contributed by atoms with Gasteiger partial charge in [0, 0.05) is 26.5 Å². The Bertz CT molecular complexity index is 2160. The zero-order valence-electron chi connectivity index (χ0n) is 21.8. The molecular formula is C38H25NS. The fraction of sp³-hybridized carbons (Fsp3) is 0. The van der Waals surface area contributed by atoms with Gasteiger partial charge < -0.3 is 4.90 Å². The number of anilines is 3. The van der Waals surface area contributed by atoms with Crippen molar-refractivity contribution in [1.29, 1.82) is 0 Å². The van der Waals surface area contributed by atoms with Crippen LogP contribution in [-0.2, 0) is 0 Å². The van der Waals surface area contributed by atoms with Crippen molar-refractivity contribution in [2.75, 3.05) is 4.90 Å². The van der Waals surface area contributed by atoms with E-state index in [0.29, 0.717) is 0 Å². The van der Waals surface area contributed by atoms with E-state index in [2.05, 4.69) is 157 Å². The number of thiophene rings is 1. The van der Waals surface area contributed by atoms with Gasteiger partial charge in [-0.25, -0.2) is 0 Å². The second-order valence-corrected chi connectivity index (χ2v) is 11.2. The van der Waals surface area contributed by atoms with Crippen LogP contribution in [0.5, 0.6) is 0 Å². The molecule has 0 fully saturated rings. The van der Waals surface area contributed by atoms with Crippen molar-refractivity contribution < 1.29 is 0 Å². The third-order valence-corrected chi connectivity index (χ3v) is 9.05. The van der Waals surface area contributed by atoms with Crippen LogP contribution >= 0.6 is 11.3 Å². The molecule has 0 saturated heterocycles. The van der Waals surface area contributed by atoms with Crippen molar-refractivity contribution in [3.63, 3.8) is 0 Å². The maximum atomic E-state index is 2.46. The van der Waals surface area contributed by atoms with E-state index in [1.165, 1.54) is 64.2 Å². The van der Waals surface area contributed by atoms with Crippen molar-refractivity contribution in [3.05, 3.63) is 152 Å². The zero-order valence-corrected chi connectivity index (χ0v) is 22.6. The van der Waals surface area contributed by atoms with Crippen LogP contribution in [0.3, 0.4) is 0 Å². The molecule has 0 saturated carbocycles.